The standard InChI is InChI=1S/C59H100O5/c1-4-7-10-13-16-19-22-25-28-29-30-31-33-34-37-40-43-46-49-52-58(60)63-56-57(55-62-54-51-48-45-42-39-36-27-24-21-18-15-12-9-6-3)64-59(61)53-50-47-44-41-38-35-32-26-23-20-17-14-11-8-5-2/h8,11-12,15,17,20-21,24-26,28,32,38,41,47,50,57H,4-7,9-10,13-14,16,18-19,22-23,27,29-31,33-37,39-40,42-46,48-49,51-56H2,1-3H3/b11-8-,15-12-,20-17-,24-21-,28-25-,32-26-,41-38-,50-47-. The Morgan fingerprint density at radius 3 is 1.28 bits per heavy atom. The predicted molar refractivity (Wildman–Crippen MR) is 279 cm³/mol. The first kappa shape index (κ1) is 60.8. The summed E-state index contributed by atoms with van der Waals surface area (Å²) in [5.41, 5.74) is 0. The molecular weight excluding hydrogens is 789 g/mol. The minimum atomic E-state index is -0.601. The maximum atomic E-state index is 12.7. The Bertz CT molecular complexity index is 1230. The fraction of sp³-hybridized carbons (Fsp3) is 0.695. The molecule has 0 saturated heterocycles. The third kappa shape index (κ3) is 51.5. The second-order valence-corrected chi connectivity index (χ2v) is 17.4. The molecule has 1 atom stereocenters. The van der Waals surface area contributed by atoms with E-state index in [9.17, 15) is 9.59 Å². The Balaban J connectivity index is 4.37. The minimum absolute atomic E-state index is 0.0363. The van der Waals surface area contributed by atoms with Crippen LogP contribution in [-0.4, -0.2) is 37.9 Å². The Morgan fingerprint density at radius 2 is 0.781 bits per heavy atom. The van der Waals surface area contributed by atoms with E-state index in [1.807, 2.05) is 12.2 Å². The van der Waals surface area contributed by atoms with Crippen LogP contribution in [0, 0.1) is 0 Å². The summed E-state index contributed by atoms with van der Waals surface area (Å²) in [4.78, 5) is 25.4. The lowest BCUT2D eigenvalue weighted by Gasteiger charge is -2.18. The van der Waals surface area contributed by atoms with Gasteiger partial charge in [0.2, 0.25) is 0 Å². The minimum Gasteiger partial charge on any atom is -0.462 e. The average molecular weight is 889 g/mol. The maximum absolute atomic E-state index is 12.7. The van der Waals surface area contributed by atoms with Crippen LogP contribution in [0.3, 0.4) is 0 Å². The number of unbranched alkanes of at least 4 members (excludes halogenated alkanes) is 22. The van der Waals surface area contributed by atoms with Crippen LogP contribution in [-0.2, 0) is 23.8 Å². The molecule has 0 rings (SSSR count). The van der Waals surface area contributed by atoms with Gasteiger partial charge in [-0.05, 0) is 96.3 Å². The third-order valence-corrected chi connectivity index (χ3v) is 11.1. The topological polar surface area (TPSA) is 61.8 Å². The number of rotatable bonds is 48. The van der Waals surface area contributed by atoms with Gasteiger partial charge in [-0.1, -0.05) is 227 Å². The molecule has 5 nitrogen and oxygen atoms in total. The SMILES string of the molecule is CC/C=C\C/C=C\C/C=C\C/C=C\C/C=C\CC(=O)OC(COCCCCCCCC/C=C\C/C=C\CCC)COC(=O)CCCCCCCCCCC/C=C\CCCCCCCC. The number of ether oxygens (including phenoxy) is 3. The summed E-state index contributed by atoms with van der Waals surface area (Å²) in [6, 6.07) is 0. The highest BCUT2D eigenvalue weighted by atomic mass is 16.6. The molecule has 0 aliphatic carbocycles. The predicted octanol–water partition coefficient (Wildman–Crippen LogP) is 18.2. The van der Waals surface area contributed by atoms with Gasteiger partial charge in [0.15, 0.2) is 6.10 Å². The van der Waals surface area contributed by atoms with Crippen LogP contribution >= 0.6 is 0 Å². The van der Waals surface area contributed by atoms with E-state index in [0.29, 0.717) is 13.0 Å². The Labute approximate surface area is 396 Å². The van der Waals surface area contributed by atoms with E-state index >= 15 is 0 Å². The van der Waals surface area contributed by atoms with Gasteiger partial charge >= 0.3 is 11.9 Å². The molecule has 0 aliphatic rings. The molecule has 0 aromatic rings. The number of carbonyl (C=O) groups is 2. The Kier molecular flexibility index (Phi) is 51.5. The van der Waals surface area contributed by atoms with Gasteiger partial charge in [-0.25, -0.2) is 0 Å². The largest absolute Gasteiger partial charge is 0.462 e. The molecule has 0 aliphatic heterocycles. The normalized spacial score (nSPS) is 13.0. The zero-order valence-corrected chi connectivity index (χ0v) is 42.0. The summed E-state index contributed by atoms with van der Waals surface area (Å²) in [5.74, 6) is -0.552. The molecule has 0 aromatic heterocycles. The first-order valence-corrected chi connectivity index (χ1v) is 26.8. The molecule has 366 valence electrons. The van der Waals surface area contributed by atoms with Crippen molar-refractivity contribution in [2.75, 3.05) is 19.8 Å². The van der Waals surface area contributed by atoms with Crippen molar-refractivity contribution in [2.24, 2.45) is 0 Å². The number of hydrogen-bond donors (Lipinski definition) is 0. The van der Waals surface area contributed by atoms with E-state index in [-0.39, 0.29) is 31.6 Å². The van der Waals surface area contributed by atoms with Crippen LogP contribution in [0.4, 0.5) is 0 Å². The van der Waals surface area contributed by atoms with E-state index in [0.717, 1.165) is 77.0 Å². The third-order valence-electron chi connectivity index (χ3n) is 11.1. The first-order valence-electron chi connectivity index (χ1n) is 26.8. The van der Waals surface area contributed by atoms with Gasteiger partial charge in [-0.3, -0.25) is 9.59 Å². The van der Waals surface area contributed by atoms with Gasteiger partial charge < -0.3 is 14.2 Å². The lowest BCUT2D eigenvalue weighted by molar-refractivity contribution is -0.162. The molecule has 0 amide bonds. The maximum Gasteiger partial charge on any atom is 0.310 e. The van der Waals surface area contributed by atoms with Crippen molar-refractivity contribution in [1.82, 2.24) is 0 Å². The molecule has 0 radical (unpaired) electrons. The molecule has 0 bridgehead atoms. The first-order chi connectivity index (χ1) is 31.6. The lowest BCUT2D eigenvalue weighted by Crippen LogP contribution is -2.29. The van der Waals surface area contributed by atoms with Crippen molar-refractivity contribution >= 4 is 11.9 Å². The second-order valence-electron chi connectivity index (χ2n) is 17.4. The van der Waals surface area contributed by atoms with Crippen LogP contribution in [0.15, 0.2) is 97.2 Å². The van der Waals surface area contributed by atoms with Gasteiger partial charge in [0.25, 0.3) is 0 Å². The van der Waals surface area contributed by atoms with Crippen molar-refractivity contribution in [3.05, 3.63) is 97.2 Å². The van der Waals surface area contributed by atoms with Crippen molar-refractivity contribution in [3.63, 3.8) is 0 Å². The smallest absolute Gasteiger partial charge is 0.310 e. The molecule has 0 aromatic carbocycles. The average Bonchev–Trinajstić information content (AvgIpc) is 3.30. The molecule has 0 spiro atoms. The van der Waals surface area contributed by atoms with Crippen molar-refractivity contribution in [1.29, 1.82) is 0 Å². The second kappa shape index (κ2) is 54.2. The van der Waals surface area contributed by atoms with Crippen molar-refractivity contribution in [2.45, 2.75) is 245 Å². The Morgan fingerprint density at radius 1 is 0.375 bits per heavy atom. The van der Waals surface area contributed by atoms with Crippen molar-refractivity contribution < 1.29 is 23.8 Å². The van der Waals surface area contributed by atoms with Crippen molar-refractivity contribution in [3.8, 4) is 0 Å². The molecule has 5 heteroatoms. The fourth-order valence-corrected chi connectivity index (χ4v) is 7.15. The van der Waals surface area contributed by atoms with Gasteiger partial charge in [0, 0.05) is 13.0 Å². The van der Waals surface area contributed by atoms with Crippen LogP contribution in [0.5, 0.6) is 0 Å². The van der Waals surface area contributed by atoms with Gasteiger partial charge in [0.05, 0.1) is 13.0 Å². The zero-order chi connectivity index (χ0) is 46.3. The molecule has 0 heterocycles. The molecule has 0 N–H and O–H groups in total. The van der Waals surface area contributed by atoms with Gasteiger partial charge in [-0.15, -0.1) is 0 Å². The molecule has 1 unspecified atom stereocenters. The summed E-state index contributed by atoms with van der Waals surface area (Å²) in [5, 5.41) is 0. The van der Waals surface area contributed by atoms with Gasteiger partial charge in [-0.2, -0.15) is 0 Å². The van der Waals surface area contributed by atoms with E-state index in [2.05, 4.69) is 106 Å². The highest BCUT2D eigenvalue weighted by Crippen LogP contribution is 2.14. The van der Waals surface area contributed by atoms with E-state index in [1.54, 1.807) is 0 Å². The highest BCUT2D eigenvalue weighted by Gasteiger charge is 2.17. The van der Waals surface area contributed by atoms with Crippen LogP contribution in [0.2, 0.25) is 0 Å². The highest BCUT2D eigenvalue weighted by molar-refractivity contribution is 5.71. The summed E-state index contributed by atoms with van der Waals surface area (Å²) in [6.45, 7) is 7.52. The van der Waals surface area contributed by atoms with Crippen LogP contribution in [0.1, 0.15) is 239 Å². The number of allylic oxidation sites excluding steroid dienone is 15. The van der Waals surface area contributed by atoms with Crippen LogP contribution in [0.25, 0.3) is 0 Å². The zero-order valence-electron chi connectivity index (χ0n) is 42.0. The monoisotopic (exact) mass is 889 g/mol. The Hall–Kier alpha value is -3.18. The molecular formula is C59H100O5. The van der Waals surface area contributed by atoms with E-state index < -0.39 is 6.10 Å². The molecule has 0 saturated carbocycles. The number of esters is 2. The number of carbonyl (C=O) groups excluding carboxylic acids is 2. The van der Waals surface area contributed by atoms with Crippen LogP contribution < -0.4 is 0 Å². The molecule has 0 fully saturated rings. The van der Waals surface area contributed by atoms with Gasteiger partial charge in [0.1, 0.15) is 6.61 Å². The summed E-state index contributed by atoms with van der Waals surface area (Å²) < 4.78 is 17.3. The lowest BCUT2D eigenvalue weighted by atomic mass is 10.1. The summed E-state index contributed by atoms with van der Waals surface area (Å²) >= 11 is 0. The molecule has 64 heavy (non-hydrogen) atoms. The van der Waals surface area contributed by atoms with E-state index in [4.69, 9.17) is 14.2 Å². The number of hydrogen-bond acceptors (Lipinski definition) is 5. The fourth-order valence-electron chi connectivity index (χ4n) is 7.15. The van der Waals surface area contributed by atoms with E-state index in [1.165, 1.54) is 128 Å². The summed E-state index contributed by atoms with van der Waals surface area (Å²) in [6.07, 6.45) is 73.0. The quantitative estimate of drug-likeness (QED) is 0.0346. The summed E-state index contributed by atoms with van der Waals surface area (Å²) in [7, 11) is 0.